The van der Waals surface area contributed by atoms with Crippen molar-refractivity contribution in [3.8, 4) is 28.3 Å². The molecule has 0 aliphatic heterocycles. The van der Waals surface area contributed by atoms with Crippen LogP contribution in [-0.2, 0) is 12.8 Å². The number of pyridine rings is 1. The van der Waals surface area contributed by atoms with Gasteiger partial charge in [-0.2, -0.15) is 5.26 Å². The van der Waals surface area contributed by atoms with Crippen molar-refractivity contribution >= 4 is 5.82 Å². The summed E-state index contributed by atoms with van der Waals surface area (Å²) in [7, 11) is 0. The van der Waals surface area contributed by atoms with Crippen LogP contribution < -0.4 is 5.73 Å². The summed E-state index contributed by atoms with van der Waals surface area (Å²) < 4.78 is 0. The number of anilines is 1. The van der Waals surface area contributed by atoms with Gasteiger partial charge in [0.05, 0.1) is 0 Å². The second kappa shape index (κ2) is 7.86. The largest absolute Gasteiger partial charge is 0.383 e. The number of nitriles is 1. The van der Waals surface area contributed by atoms with E-state index in [1.165, 1.54) is 29.5 Å². The lowest BCUT2D eigenvalue weighted by Crippen LogP contribution is -2.18. The van der Waals surface area contributed by atoms with Crippen molar-refractivity contribution in [2.24, 2.45) is 5.92 Å². The van der Waals surface area contributed by atoms with E-state index in [1.54, 1.807) is 0 Å². The van der Waals surface area contributed by atoms with Gasteiger partial charge >= 0.3 is 0 Å². The van der Waals surface area contributed by atoms with Crippen LogP contribution in [0.15, 0.2) is 54.6 Å². The van der Waals surface area contributed by atoms with Gasteiger partial charge in [0.25, 0.3) is 0 Å². The average molecular weight is 367 g/mol. The van der Waals surface area contributed by atoms with E-state index in [0.717, 1.165) is 36.1 Å². The molecule has 1 aliphatic rings. The van der Waals surface area contributed by atoms with E-state index in [4.69, 9.17) is 5.73 Å². The first-order valence-corrected chi connectivity index (χ1v) is 10.1. The summed E-state index contributed by atoms with van der Waals surface area (Å²) in [4.78, 5) is 4.59. The van der Waals surface area contributed by atoms with Gasteiger partial charge in [0.2, 0.25) is 0 Å². The van der Waals surface area contributed by atoms with Crippen LogP contribution in [-0.4, -0.2) is 4.98 Å². The molecule has 0 bridgehead atoms. The van der Waals surface area contributed by atoms with Crippen LogP contribution in [0.2, 0.25) is 0 Å². The molecule has 1 atom stereocenters. The summed E-state index contributed by atoms with van der Waals surface area (Å²) in [5, 5.41) is 9.79. The smallest absolute Gasteiger partial charge is 0.142 e. The average Bonchev–Trinajstić information content (AvgIpc) is 2.74. The molecule has 140 valence electrons. The van der Waals surface area contributed by atoms with Crippen molar-refractivity contribution in [1.82, 2.24) is 4.98 Å². The third-order valence-electron chi connectivity index (χ3n) is 5.78. The Kier molecular flexibility index (Phi) is 5.12. The molecule has 3 heteroatoms. The molecule has 0 amide bonds. The van der Waals surface area contributed by atoms with E-state index in [2.05, 4.69) is 54.4 Å². The molecule has 1 unspecified atom stereocenters. The topological polar surface area (TPSA) is 62.7 Å². The minimum atomic E-state index is 0.359. The molecule has 3 nitrogen and oxygen atoms in total. The number of hydrogen-bond acceptors (Lipinski definition) is 3. The van der Waals surface area contributed by atoms with Gasteiger partial charge < -0.3 is 5.73 Å². The van der Waals surface area contributed by atoms with Crippen molar-refractivity contribution in [3.05, 3.63) is 71.4 Å². The fourth-order valence-corrected chi connectivity index (χ4v) is 4.40. The standard InChI is InChI=1S/C25H25N3/c1-2-6-17-9-14-23-21(15-17)24(22(16-26)25(27)28-23)20-12-10-19(11-13-20)18-7-4-3-5-8-18/h3-5,7-8,10-13,17H,2,6,9,14-15H2,1H3,(H2,27,28). The first-order valence-electron chi connectivity index (χ1n) is 10.1. The second-order valence-corrected chi connectivity index (χ2v) is 7.62. The number of rotatable bonds is 4. The first kappa shape index (κ1) is 18.3. The molecule has 0 fully saturated rings. The van der Waals surface area contributed by atoms with Gasteiger partial charge in [0.15, 0.2) is 0 Å². The van der Waals surface area contributed by atoms with Gasteiger partial charge in [-0.15, -0.1) is 0 Å². The summed E-state index contributed by atoms with van der Waals surface area (Å²) in [5.74, 6) is 1.02. The number of aryl methyl sites for hydroxylation is 1. The highest BCUT2D eigenvalue weighted by Gasteiger charge is 2.26. The lowest BCUT2D eigenvalue weighted by molar-refractivity contribution is 0.419. The molecule has 0 spiro atoms. The van der Waals surface area contributed by atoms with Gasteiger partial charge in [0, 0.05) is 11.3 Å². The quantitative estimate of drug-likeness (QED) is 0.636. The zero-order valence-corrected chi connectivity index (χ0v) is 16.3. The fourth-order valence-electron chi connectivity index (χ4n) is 4.40. The lowest BCUT2D eigenvalue weighted by Gasteiger charge is -2.27. The Morgan fingerprint density at radius 1 is 1.04 bits per heavy atom. The van der Waals surface area contributed by atoms with Gasteiger partial charge in [-0.25, -0.2) is 4.98 Å². The van der Waals surface area contributed by atoms with Gasteiger partial charge in [-0.3, -0.25) is 0 Å². The summed E-state index contributed by atoms with van der Waals surface area (Å²) >= 11 is 0. The molecule has 2 aromatic carbocycles. The molecule has 1 aliphatic carbocycles. The molecule has 0 saturated carbocycles. The second-order valence-electron chi connectivity index (χ2n) is 7.62. The number of benzene rings is 2. The maximum absolute atomic E-state index is 9.79. The molecule has 0 saturated heterocycles. The number of nitrogen functional groups attached to an aromatic ring is 1. The summed E-state index contributed by atoms with van der Waals surface area (Å²) in [6.07, 6.45) is 5.50. The summed E-state index contributed by atoms with van der Waals surface area (Å²) in [5.41, 5.74) is 13.4. The van der Waals surface area contributed by atoms with Crippen LogP contribution in [0.4, 0.5) is 5.82 Å². The van der Waals surface area contributed by atoms with Crippen LogP contribution >= 0.6 is 0 Å². The van der Waals surface area contributed by atoms with Crippen LogP contribution in [0.5, 0.6) is 0 Å². The molecule has 4 rings (SSSR count). The van der Waals surface area contributed by atoms with E-state index >= 15 is 0 Å². The van der Waals surface area contributed by atoms with E-state index in [-0.39, 0.29) is 0 Å². The highest BCUT2D eigenvalue weighted by molar-refractivity contribution is 5.80. The van der Waals surface area contributed by atoms with Crippen LogP contribution in [0.1, 0.15) is 43.0 Å². The molecule has 28 heavy (non-hydrogen) atoms. The molecular weight excluding hydrogens is 342 g/mol. The first-order chi connectivity index (χ1) is 13.7. The highest BCUT2D eigenvalue weighted by atomic mass is 14.9. The lowest BCUT2D eigenvalue weighted by atomic mass is 9.79. The fraction of sp³-hybridized carbons (Fsp3) is 0.280. The van der Waals surface area contributed by atoms with Crippen molar-refractivity contribution in [2.75, 3.05) is 5.73 Å². The van der Waals surface area contributed by atoms with Crippen LogP contribution in [0.3, 0.4) is 0 Å². The molecule has 1 aromatic heterocycles. The number of hydrogen-bond donors (Lipinski definition) is 1. The van der Waals surface area contributed by atoms with Gasteiger partial charge in [-0.1, -0.05) is 74.4 Å². The van der Waals surface area contributed by atoms with Crippen molar-refractivity contribution in [1.29, 1.82) is 5.26 Å². The molecule has 3 aromatic rings. The van der Waals surface area contributed by atoms with E-state index in [9.17, 15) is 5.26 Å². The number of fused-ring (bicyclic) bond motifs is 1. The minimum Gasteiger partial charge on any atom is -0.383 e. The predicted molar refractivity (Wildman–Crippen MR) is 115 cm³/mol. The third-order valence-corrected chi connectivity index (χ3v) is 5.78. The zero-order chi connectivity index (χ0) is 19.5. The number of nitrogens with two attached hydrogens (primary N) is 1. The molecular formula is C25H25N3. The third kappa shape index (κ3) is 3.39. The SMILES string of the molecule is CCCC1CCc2nc(N)c(C#N)c(-c3ccc(-c4ccccc4)cc3)c2C1. The zero-order valence-electron chi connectivity index (χ0n) is 16.3. The summed E-state index contributed by atoms with van der Waals surface area (Å²) in [6.45, 7) is 2.24. The van der Waals surface area contributed by atoms with Crippen molar-refractivity contribution in [3.63, 3.8) is 0 Å². The normalized spacial score (nSPS) is 15.6. The Labute approximate surface area is 166 Å². The monoisotopic (exact) mass is 367 g/mol. The van der Waals surface area contributed by atoms with Gasteiger partial charge in [0.1, 0.15) is 17.5 Å². The highest BCUT2D eigenvalue weighted by Crippen LogP contribution is 2.38. The Morgan fingerprint density at radius 3 is 2.39 bits per heavy atom. The molecule has 2 N–H and O–H groups in total. The van der Waals surface area contributed by atoms with E-state index < -0.39 is 0 Å². The Balaban J connectivity index is 1.80. The maximum Gasteiger partial charge on any atom is 0.142 e. The van der Waals surface area contributed by atoms with Gasteiger partial charge in [-0.05, 0) is 47.4 Å². The molecule has 0 radical (unpaired) electrons. The maximum atomic E-state index is 9.79. The predicted octanol–water partition coefficient (Wildman–Crippen LogP) is 5.77. The number of nitrogens with zero attached hydrogens (tertiary/aromatic N) is 2. The van der Waals surface area contributed by atoms with Crippen molar-refractivity contribution in [2.45, 2.75) is 39.0 Å². The summed E-state index contributed by atoms with van der Waals surface area (Å²) in [6, 6.07) is 21.1. The number of aromatic nitrogens is 1. The Morgan fingerprint density at radius 2 is 1.71 bits per heavy atom. The van der Waals surface area contributed by atoms with E-state index in [1.807, 2.05) is 18.2 Å². The van der Waals surface area contributed by atoms with Crippen molar-refractivity contribution < 1.29 is 0 Å². The van der Waals surface area contributed by atoms with Crippen LogP contribution in [0.25, 0.3) is 22.3 Å². The minimum absolute atomic E-state index is 0.359. The Bertz CT molecular complexity index is 1010. The van der Waals surface area contributed by atoms with E-state index in [0.29, 0.717) is 17.3 Å². The van der Waals surface area contributed by atoms with Crippen LogP contribution in [0, 0.1) is 17.2 Å². The molecule has 1 heterocycles. The Hall–Kier alpha value is -3.12.